The molecule has 1 aromatic carbocycles. The van der Waals surface area contributed by atoms with Crippen molar-refractivity contribution in [2.45, 2.75) is 26.7 Å². The maximum absolute atomic E-state index is 12.3. The Hall–Kier alpha value is -2.47. The van der Waals surface area contributed by atoms with Crippen LogP contribution < -0.4 is 10.7 Å². The summed E-state index contributed by atoms with van der Waals surface area (Å²) in [7, 11) is 0. The normalized spacial score (nSPS) is 11.4. The number of amides is 2. The molecule has 0 fully saturated rings. The van der Waals surface area contributed by atoms with Crippen LogP contribution in [0.3, 0.4) is 0 Å². The number of hydrogen-bond donors (Lipinski definition) is 2. The highest BCUT2D eigenvalue weighted by atomic mass is 32.1. The summed E-state index contributed by atoms with van der Waals surface area (Å²) in [6, 6.07) is 11.5. The lowest BCUT2D eigenvalue weighted by molar-refractivity contribution is -0.130. The number of hydrogen-bond acceptors (Lipinski definition) is 4. The van der Waals surface area contributed by atoms with Crippen LogP contribution in [-0.2, 0) is 16.0 Å². The first kappa shape index (κ1) is 18.9. The predicted octanol–water partition coefficient (Wildman–Crippen LogP) is 2.97. The molecule has 2 N–H and O–H groups in total. The first-order chi connectivity index (χ1) is 12.0. The van der Waals surface area contributed by atoms with Crippen LogP contribution in [0.4, 0.5) is 0 Å². The van der Waals surface area contributed by atoms with Crippen molar-refractivity contribution in [1.82, 2.24) is 10.7 Å². The molecule has 0 aliphatic rings. The summed E-state index contributed by atoms with van der Waals surface area (Å²) >= 11 is 1.57. The van der Waals surface area contributed by atoms with E-state index in [4.69, 9.17) is 0 Å². The first-order valence-electron chi connectivity index (χ1n) is 8.14. The van der Waals surface area contributed by atoms with Gasteiger partial charge in [0.25, 0.3) is 0 Å². The minimum Gasteiger partial charge on any atom is -0.356 e. The van der Waals surface area contributed by atoms with Crippen LogP contribution in [0.5, 0.6) is 0 Å². The zero-order chi connectivity index (χ0) is 18.1. The SMILES string of the molecule is CC(C)(CCNC(=O)Cc1ccsc1)C(=O)N/N=C/c1ccccc1. The van der Waals surface area contributed by atoms with Gasteiger partial charge in [-0.3, -0.25) is 9.59 Å². The van der Waals surface area contributed by atoms with Crippen molar-refractivity contribution in [1.29, 1.82) is 0 Å². The molecule has 0 aliphatic heterocycles. The van der Waals surface area contributed by atoms with E-state index >= 15 is 0 Å². The van der Waals surface area contributed by atoms with Crippen LogP contribution in [0.2, 0.25) is 0 Å². The van der Waals surface area contributed by atoms with Gasteiger partial charge in [-0.2, -0.15) is 16.4 Å². The number of rotatable bonds is 8. The number of carbonyl (C=O) groups excluding carboxylic acids is 2. The summed E-state index contributed by atoms with van der Waals surface area (Å²) in [6.07, 6.45) is 2.52. The highest BCUT2D eigenvalue weighted by Gasteiger charge is 2.27. The van der Waals surface area contributed by atoms with Crippen molar-refractivity contribution in [2.24, 2.45) is 10.5 Å². The maximum Gasteiger partial charge on any atom is 0.245 e. The van der Waals surface area contributed by atoms with E-state index in [0.717, 1.165) is 11.1 Å². The van der Waals surface area contributed by atoms with Crippen molar-refractivity contribution in [3.63, 3.8) is 0 Å². The number of nitrogens with one attached hydrogen (secondary N) is 2. The van der Waals surface area contributed by atoms with Crippen LogP contribution in [0.1, 0.15) is 31.4 Å². The molecule has 1 aromatic heterocycles. The van der Waals surface area contributed by atoms with Gasteiger partial charge in [-0.05, 0) is 34.4 Å². The zero-order valence-electron chi connectivity index (χ0n) is 14.5. The Morgan fingerprint density at radius 2 is 1.96 bits per heavy atom. The quantitative estimate of drug-likeness (QED) is 0.563. The molecule has 25 heavy (non-hydrogen) atoms. The maximum atomic E-state index is 12.3. The molecule has 0 bridgehead atoms. The molecule has 6 heteroatoms. The summed E-state index contributed by atoms with van der Waals surface area (Å²) in [5, 5.41) is 10.8. The van der Waals surface area contributed by atoms with Gasteiger partial charge in [0.1, 0.15) is 0 Å². The van der Waals surface area contributed by atoms with E-state index in [1.54, 1.807) is 17.6 Å². The second-order valence-corrected chi connectivity index (χ2v) is 7.18. The van der Waals surface area contributed by atoms with Gasteiger partial charge >= 0.3 is 0 Å². The van der Waals surface area contributed by atoms with Crippen molar-refractivity contribution < 1.29 is 9.59 Å². The van der Waals surface area contributed by atoms with Gasteiger partial charge in [-0.15, -0.1) is 0 Å². The fourth-order valence-corrected chi connectivity index (χ4v) is 2.79. The van der Waals surface area contributed by atoms with E-state index < -0.39 is 5.41 Å². The topological polar surface area (TPSA) is 70.6 Å². The lowest BCUT2D eigenvalue weighted by Gasteiger charge is -2.22. The van der Waals surface area contributed by atoms with Gasteiger partial charge in [-0.1, -0.05) is 44.2 Å². The van der Waals surface area contributed by atoms with E-state index in [-0.39, 0.29) is 11.8 Å². The summed E-state index contributed by atoms with van der Waals surface area (Å²) in [4.78, 5) is 24.1. The summed E-state index contributed by atoms with van der Waals surface area (Å²) in [5.74, 6) is -0.205. The second kappa shape index (κ2) is 9.13. The third-order valence-electron chi connectivity index (χ3n) is 3.81. The number of carbonyl (C=O) groups is 2. The number of benzene rings is 1. The Labute approximate surface area is 152 Å². The molecule has 0 saturated carbocycles. The molecule has 0 saturated heterocycles. The van der Waals surface area contributed by atoms with E-state index in [2.05, 4.69) is 15.8 Å². The van der Waals surface area contributed by atoms with Crippen LogP contribution in [0.15, 0.2) is 52.3 Å². The average Bonchev–Trinajstić information content (AvgIpc) is 3.08. The van der Waals surface area contributed by atoms with Gasteiger partial charge < -0.3 is 5.32 Å². The van der Waals surface area contributed by atoms with Crippen LogP contribution in [0.25, 0.3) is 0 Å². The van der Waals surface area contributed by atoms with E-state index in [0.29, 0.717) is 19.4 Å². The Bertz CT molecular complexity index is 710. The monoisotopic (exact) mass is 357 g/mol. The number of thiophene rings is 1. The third-order valence-corrected chi connectivity index (χ3v) is 4.54. The van der Waals surface area contributed by atoms with E-state index in [9.17, 15) is 9.59 Å². The standard InChI is InChI=1S/C19H23N3O2S/c1-19(2,9-10-20-17(23)12-16-8-11-25-14-16)18(24)22-21-13-15-6-4-3-5-7-15/h3-8,11,13-14H,9-10,12H2,1-2H3,(H,20,23)(H,22,24)/b21-13+. The highest BCUT2D eigenvalue weighted by Crippen LogP contribution is 2.19. The zero-order valence-corrected chi connectivity index (χ0v) is 15.3. The lowest BCUT2D eigenvalue weighted by Crippen LogP contribution is -2.37. The Balaban J connectivity index is 1.73. The number of hydrazone groups is 1. The lowest BCUT2D eigenvalue weighted by atomic mass is 9.88. The first-order valence-corrected chi connectivity index (χ1v) is 9.08. The molecule has 1 heterocycles. The van der Waals surface area contributed by atoms with Crippen LogP contribution >= 0.6 is 11.3 Å². The molecule has 0 aliphatic carbocycles. The van der Waals surface area contributed by atoms with E-state index in [1.165, 1.54) is 0 Å². The Morgan fingerprint density at radius 3 is 2.64 bits per heavy atom. The van der Waals surface area contributed by atoms with Crippen LogP contribution in [-0.4, -0.2) is 24.6 Å². The number of nitrogens with zero attached hydrogens (tertiary/aromatic N) is 1. The largest absolute Gasteiger partial charge is 0.356 e. The van der Waals surface area contributed by atoms with Crippen LogP contribution in [0, 0.1) is 5.41 Å². The Kier molecular flexibility index (Phi) is 6.89. The minimum absolute atomic E-state index is 0.0308. The van der Waals surface area contributed by atoms with Gasteiger partial charge in [0.05, 0.1) is 12.6 Å². The van der Waals surface area contributed by atoms with Gasteiger partial charge in [0.15, 0.2) is 0 Å². The summed E-state index contributed by atoms with van der Waals surface area (Å²) in [5.41, 5.74) is 3.87. The second-order valence-electron chi connectivity index (χ2n) is 6.40. The molecule has 2 aromatic rings. The molecule has 2 amide bonds. The highest BCUT2D eigenvalue weighted by molar-refractivity contribution is 7.08. The van der Waals surface area contributed by atoms with Gasteiger partial charge in [0.2, 0.25) is 11.8 Å². The molecule has 0 radical (unpaired) electrons. The van der Waals surface area contributed by atoms with Crippen molar-refractivity contribution in [3.8, 4) is 0 Å². The minimum atomic E-state index is -0.621. The summed E-state index contributed by atoms with van der Waals surface area (Å²) < 4.78 is 0. The van der Waals surface area contributed by atoms with Crippen molar-refractivity contribution in [2.75, 3.05) is 6.54 Å². The Morgan fingerprint density at radius 1 is 1.20 bits per heavy atom. The van der Waals surface area contributed by atoms with Gasteiger partial charge in [0, 0.05) is 12.0 Å². The van der Waals surface area contributed by atoms with Crippen molar-refractivity contribution in [3.05, 3.63) is 58.3 Å². The smallest absolute Gasteiger partial charge is 0.245 e. The molecule has 2 rings (SSSR count). The summed E-state index contributed by atoms with van der Waals surface area (Å²) in [6.45, 7) is 4.13. The predicted molar refractivity (Wildman–Crippen MR) is 102 cm³/mol. The molecule has 0 spiro atoms. The fourth-order valence-electron chi connectivity index (χ4n) is 2.12. The molecular weight excluding hydrogens is 334 g/mol. The fraction of sp³-hybridized carbons (Fsp3) is 0.316. The average molecular weight is 357 g/mol. The third kappa shape index (κ3) is 6.51. The van der Waals surface area contributed by atoms with Crippen molar-refractivity contribution >= 4 is 29.4 Å². The van der Waals surface area contributed by atoms with Gasteiger partial charge in [-0.25, -0.2) is 5.43 Å². The molecule has 5 nitrogen and oxygen atoms in total. The molecular formula is C19H23N3O2S. The molecule has 0 unspecified atom stereocenters. The molecule has 132 valence electrons. The molecule has 0 atom stereocenters. The van der Waals surface area contributed by atoms with E-state index in [1.807, 2.05) is 61.0 Å².